The molecule has 3 rings (SSSR count). The van der Waals surface area contributed by atoms with Crippen LogP contribution in [0.3, 0.4) is 0 Å². The molecule has 2 aromatic rings. The molecule has 0 radical (unpaired) electrons. The van der Waals surface area contributed by atoms with Crippen LogP contribution in [0.4, 0.5) is 0 Å². The molecular formula is C12H18N6. The summed E-state index contributed by atoms with van der Waals surface area (Å²) in [5.74, 6) is 0.866. The first kappa shape index (κ1) is 11.4. The quantitative estimate of drug-likeness (QED) is 0.819. The lowest BCUT2D eigenvalue weighted by Gasteiger charge is -1.98. The van der Waals surface area contributed by atoms with Gasteiger partial charge in [-0.1, -0.05) is 0 Å². The number of hydrogen-bond acceptors (Lipinski definition) is 4. The molecule has 0 saturated heterocycles. The molecule has 0 aliphatic heterocycles. The zero-order valence-electron chi connectivity index (χ0n) is 10.6. The van der Waals surface area contributed by atoms with Crippen LogP contribution in [0.5, 0.6) is 0 Å². The van der Waals surface area contributed by atoms with Gasteiger partial charge >= 0.3 is 0 Å². The van der Waals surface area contributed by atoms with Crippen LogP contribution in [0.15, 0.2) is 18.7 Å². The van der Waals surface area contributed by atoms with E-state index >= 15 is 0 Å². The van der Waals surface area contributed by atoms with E-state index in [1.807, 2.05) is 21.8 Å². The number of aromatic nitrogens is 5. The van der Waals surface area contributed by atoms with Crippen molar-refractivity contribution in [3.05, 3.63) is 30.1 Å². The molecule has 1 saturated carbocycles. The maximum absolute atomic E-state index is 4.45. The van der Waals surface area contributed by atoms with E-state index in [2.05, 4.69) is 27.4 Å². The van der Waals surface area contributed by atoms with Crippen molar-refractivity contribution >= 4 is 0 Å². The third kappa shape index (κ3) is 2.76. The number of nitrogens with one attached hydrogen (secondary N) is 1. The van der Waals surface area contributed by atoms with Gasteiger partial charge in [-0.25, -0.2) is 9.67 Å². The number of aryl methyl sites for hydroxylation is 1. The summed E-state index contributed by atoms with van der Waals surface area (Å²) in [5.41, 5.74) is 1.16. The van der Waals surface area contributed by atoms with Crippen LogP contribution in [-0.2, 0) is 19.6 Å². The van der Waals surface area contributed by atoms with Gasteiger partial charge in [0.25, 0.3) is 0 Å². The molecule has 0 amide bonds. The smallest absolute Gasteiger partial charge is 0.164 e. The van der Waals surface area contributed by atoms with Crippen molar-refractivity contribution in [2.75, 3.05) is 0 Å². The minimum Gasteiger partial charge on any atom is -0.307 e. The molecule has 6 heteroatoms. The first-order chi connectivity index (χ1) is 8.83. The molecule has 1 aliphatic rings. The molecule has 0 spiro atoms. The first-order valence-corrected chi connectivity index (χ1v) is 6.46. The highest BCUT2D eigenvalue weighted by atomic mass is 15.3. The Kier molecular flexibility index (Phi) is 3.10. The number of hydrogen-bond donors (Lipinski definition) is 1. The minimum absolute atomic E-state index is 0.694. The van der Waals surface area contributed by atoms with Gasteiger partial charge in [0.15, 0.2) is 5.82 Å². The Hall–Kier alpha value is -1.69. The van der Waals surface area contributed by atoms with Gasteiger partial charge in [0.05, 0.1) is 19.3 Å². The van der Waals surface area contributed by atoms with E-state index in [1.165, 1.54) is 12.8 Å². The van der Waals surface area contributed by atoms with Gasteiger partial charge < -0.3 is 5.32 Å². The highest BCUT2D eigenvalue weighted by molar-refractivity contribution is 5.04. The third-order valence-corrected chi connectivity index (χ3v) is 3.07. The van der Waals surface area contributed by atoms with E-state index in [0.29, 0.717) is 6.04 Å². The highest BCUT2D eigenvalue weighted by Crippen LogP contribution is 2.18. The number of rotatable bonds is 6. The van der Waals surface area contributed by atoms with Crippen molar-refractivity contribution in [1.82, 2.24) is 29.9 Å². The maximum Gasteiger partial charge on any atom is 0.164 e. The fourth-order valence-corrected chi connectivity index (χ4v) is 1.86. The van der Waals surface area contributed by atoms with Gasteiger partial charge in [0.2, 0.25) is 0 Å². The van der Waals surface area contributed by atoms with Gasteiger partial charge in [0.1, 0.15) is 6.33 Å². The van der Waals surface area contributed by atoms with E-state index in [4.69, 9.17) is 0 Å². The van der Waals surface area contributed by atoms with Crippen LogP contribution in [0.25, 0.3) is 0 Å². The van der Waals surface area contributed by atoms with Crippen LogP contribution in [-0.4, -0.2) is 30.6 Å². The average Bonchev–Trinajstić information content (AvgIpc) is 2.93. The Bertz CT molecular complexity index is 510. The van der Waals surface area contributed by atoms with Gasteiger partial charge in [-0.2, -0.15) is 10.2 Å². The highest BCUT2D eigenvalue weighted by Gasteiger charge is 2.20. The Morgan fingerprint density at radius 1 is 1.39 bits per heavy atom. The normalized spacial score (nSPS) is 15.2. The molecule has 1 N–H and O–H groups in total. The van der Waals surface area contributed by atoms with E-state index in [-0.39, 0.29) is 0 Å². The zero-order chi connectivity index (χ0) is 12.4. The molecule has 0 unspecified atom stereocenters. The largest absolute Gasteiger partial charge is 0.307 e. The Morgan fingerprint density at radius 2 is 2.28 bits per heavy atom. The monoisotopic (exact) mass is 246 g/mol. The molecule has 2 aromatic heterocycles. The lowest BCUT2D eigenvalue weighted by atomic mass is 10.4. The molecule has 2 heterocycles. The van der Waals surface area contributed by atoms with Crippen LogP contribution < -0.4 is 5.32 Å². The van der Waals surface area contributed by atoms with Crippen molar-refractivity contribution in [3.8, 4) is 0 Å². The van der Waals surface area contributed by atoms with Crippen LogP contribution in [0.1, 0.15) is 31.2 Å². The molecule has 6 nitrogen and oxygen atoms in total. The second-order valence-electron chi connectivity index (χ2n) is 4.72. The average molecular weight is 246 g/mol. The topological polar surface area (TPSA) is 60.6 Å². The van der Waals surface area contributed by atoms with Crippen molar-refractivity contribution in [1.29, 1.82) is 0 Å². The summed E-state index contributed by atoms with van der Waals surface area (Å²) < 4.78 is 3.78. The zero-order valence-corrected chi connectivity index (χ0v) is 10.6. The SMILES string of the molecule is CCn1cc(Cn2cnc(CNC3CC3)n2)cn1. The fraction of sp³-hybridized carbons (Fsp3) is 0.583. The molecule has 1 aliphatic carbocycles. The summed E-state index contributed by atoms with van der Waals surface area (Å²) in [4.78, 5) is 4.30. The molecular weight excluding hydrogens is 228 g/mol. The standard InChI is InChI=1S/C12H18N6/c1-2-17-7-10(5-15-17)8-18-9-14-12(16-18)6-13-11-3-4-11/h5,7,9,11,13H,2-4,6,8H2,1H3. The van der Waals surface area contributed by atoms with Crippen LogP contribution in [0, 0.1) is 0 Å². The van der Waals surface area contributed by atoms with Gasteiger partial charge in [-0.05, 0) is 19.8 Å². The molecule has 96 valence electrons. The summed E-state index contributed by atoms with van der Waals surface area (Å²) in [5, 5.41) is 12.1. The lowest BCUT2D eigenvalue weighted by molar-refractivity contribution is 0.626. The Balaban J connectivity index is 1.58. The summed E-state index contributed by atoms with van der Waals surface area (Å²) >= 11 is 0. The van der Waals surface area contributed by atoms with Crippen molar-refractivity contribution < 1.29 is 0 Å². The summed E-state index contributed by atoms with van der Waals surface area (Å²) in [6.07, 6.45) is 8.29. The van der Waals surface area contributed by atoms with Gasteiger partial charge in [0, 0.05) is 24.3 Å². The maximum atomic E-state index is 4.45. The molecule has 0 bridgehead atoms. The summed E-state index contributed by atoms with van der Waals surface area (Å²) in [6, 6.07) is 0.694. The summed E-state index contributed by atoms with van der Waals surface area (Å²) in [7, 11) is 0. The van der Waals surface area contributed by atoms with Gasteiger partial charge in [-0.15, -0.1) is 0 Å². The Labute approximate surface area is 106 Å². The predicted octanol–water partition coefficient (Wildman–Crippen LogP) is 0.795. The minimum atomic E-state index is 0.694. The van der Waals surface area contributed by atoms with Crippen LogP contribution in [0.2, 0.25) is 0 Å². The van der Waals surface area contributed by atoms with Crippen LogP contribution >= 0.6 is 0 Å². The second kappa shape index (κ2) is 4.89. The van der Waals surface area contributed by atoms with E-state index in [9.17, 15) is 0 Å². The first-order valence-electron chi connectivity index (χ1n) is 6.46. The predicted molar refractivity (Wildman–Crippen MR) is 66.9 cm³/mol. The second-order valence-corrected chi connectivity index (χ2v) is 4.72. The molecule has 0 atom stereocenters. The Morgan fingerprint density at radius 3 is 3.00 bits per heavy atom. The lowest BCUT2D eigenvalue weighted by Crippen LogP contribution is -2.16. The van der Waals surface area contributed by atoms with Crippen molar-refractivity contribution in [2.24, 2.45) is 0 Å². The van der Waals surface area contributed by atoms with E-state index in [0.717, 1.165) is 31.0 Å². The molecule has 1 fully saturated rings. The van der Waals surface area contributed by atoms with Crippen molar-refractivity contribution in [3.63, 3.8) is 0 Å². The summed E-state index contributed by atoms with van der Waals surface area (Å²) in [6.45, 7) is 4.48. The number of nitrogens with zero attached hydrogens (tertiary/aromatic N) is 5. The van der Waals surface area contributed by atoms with Gasteiger partial charge in [-0.3, -0.25) is 4.68 Å². The molecule has 18 heavy (non-hydrogen) atoms. The molecule has 0 aromatic carbocycles. The van der Waals surface area contributed by atoms with E-state index < -0.39 is 0 Å². The third-order valence-electron chi connectivity index (χ3n) is 3.07. The van der Waals surface area contributed by atoms with Crippen molar-refractivity contribution in [2.45, 2.75) is 45.4 Å². The fourth-order valence-electron chi connectivity index (χ4n) is 1.86. The van der Waals surface area contributed by atoms with E-state index in [1.54, 1.807) is 6.33 Å².